The van der Waals surface area contributed by atoms with E-state index in [1.807, 2.05) is 24.3 Å². The summed E-state index contributed by atoms with van der Waals surface area (Å²) in [5.74, 6) is -0.115. The van der Waals surface area contributed by atoms with Crippen LogP contribution in [0.15, 0.2) is 24.3 Å². The van der Waals surface area contributed by atoms with Gasteiger partial charge in [0.1, 0.15) is 5.69 Å². The van der Waals surface area contributed by atoms with Crippen LogP contribution in [0.2, 0.25) is 0 Å². The van der Waals surface area contributed by atoms with Gasteiger partial charge in [0, 0.05) is 14.1 Å². The summed E-state index contributed by atoms with van der Waals surface area (Å²) < 4.78 is 0. The molecule has 4 heteroatoms. The number of hydrogen-bond donors (Lipinski definition) is 0. The van der Waals surface area contributed by atoms with Crippen LogP contribution >= 0.6 is 0 Å². The lowest BCUT2D eigenvalue weighted by atomic mass is 10.2. The Morgan fingerprint density at radius 2 is 1.69 bits per heavy atom. The first kappa shape index (κ1) is 10.5. The molecule has 0 N–H and O–H groups in total. The highest BCUT2D eigenvalue weighted by molar-refractivity contribution is 5.94. The van der Waals surface area contributed by atoms with Crippen LogP contribution in [0.25, 0.3) is 11.0 Å². The van der Waals surface area contributed by atoms with Crippen molar-refractivity contribution in [2.45, 2.75) is 6.92 Å². The summed E-state index contributed by atoms with van der Waals surface area (Å²) in [7, 11) is 3.41. The largest absolute Gasteiger partial charge is 0.343 e. The number of amides is 1. The Labute approximate surface area is 93.9 Å². The quantitative estimate of drug-likeness (QED) is 0.726. The highest BCUT2D eigenvalue weighted by atomic mass is 16.2. The molecule has 0 aliphatic heterocycles. The lowest BCUT2D eigenvalue weighted by Gasteiger charge is -2.11. The van der Waals surface area contributed by atoms with Crippen LogP contribution < -0.4 is 0 Å². The number of hydrogen-bond acceptors (Lipinski definition) is 3. The minimum Gasteiger partial charge on any atom is -0.343 e. The van der Waals surface area contributed by atoms with Gasteiger partial charge in [-0.15, -0.1) is 0 Å². The van der Waals surface area contributed by atoms with Crippen LogP contribution in [0.1, 0.15) is 16.2 Å². The van der Waals surface area contributed by atoms with Gasteiger partial charge < -0.3 is 4.90 Å². The van der Waals surface area contributed by atoms with Crippen LogP contribution in [0.3, 0.4) is 0 Å². The highest BCUT2D eigenvalue weighted by Crippen LogP contribution is 2.12. The first-order chi connectivity index (χ1) is 7.59. The molecule has 0 saturated carbocycles. The molecular weight excluding hydrogens is 202 g/mol. The van der Waals surface area contributed by atoms with E-state index in [4.69, 9.17) is 0 Å². The average molecular weight is 215 g/mol. The molecule has 1 amide bonds. The predicted octanol–water partition coefficient (Wildman–Crippen LogP) is 1.64. The van der Waals surface area contributed by atoms with Gasteiger partial charge >= 0.3 is 0 Å². The van der Waals surface area contributed by atoms with Gasteiger partial charge in [-0.3, -0.25) is 4.79 Å². The van der Waals surface area contributed by atoms with Gasteiger partial charge in [0.25, 0.3) is 5.91 Å². The van der Waals surface area contributed by atoms with E-state index in [0.717, 1.165) is 11.0 Å². The molecule has 0 unspecified atom stereocenters. The molecule has 0 spiro atoms. The third-order valence-electron chi connectivity index (χ3n) is 2.35. The zero-order valence-corrected chi connectivity index (χ0v) is 9.56. The number of nitrogens with zero attached hydrogens (tertiary/aromatic N) is 3. The molecule has 2 aromatic rings. The van der Waals surface area contributed by atoms with Crippen molar-refractivity contribution < 1.29 is 4.79 Å². The number of fused-ring (bicyclic) bond motifs is 1. The fourth-order valence-electron chi connectivity index (χ4n) is 1.50. The van der Waals surface area contributed by atoms with E-state index in [-0.39, 0.29) is 5.91 Å². The number of aryl methyl sites for hydroxylation is 1. The third-order valence-corrected chi connectivity index (χ3v) is 2.35. The fourth-order valence-corrected chi connectivity index (χ4v) is 1.50. The molecule has 0 saturated heterocycles. The summed E-state index contributed by atoms with van der Waals surface area (Å²) in [6.07, 6.45) is 0. The maximum Gasteiger partial charge on any atom is 0.273 e. The molecule has 1 aromatic heterocycles. The molecule has 2 rings (SSSR count). The van der Waals surface area contributed by atoms with E-state index in [0.29, 0.717) is 11.4 Å². The molecule has 0 aliphatic rings. The van der Waals surface area contributed by atoms with Gasteiger partial charge in [0.2, 0.25) is 0 Å². The lowest BCUT2D eigenvalue weighted by Crippen LogP contribution is -2.24. The summed E-state index contributed by atoms with van der Waals surface area (Å²) in [5.41, 5.74) is 2.65. The van der Waals surface area contributed by atoms with Gasteiger partial charge in [-0.25, -0.2) is 9.97 Å². The number of carbonyl (C=O) groups is 1. The minimum atomic E-state index is -0.115. The first-order valence-corrected chi connectivity index (χ1v) is 5.04. The zero-order chi connectivity index (χ0) is 11.7. The average Bonchev–Trinajstić information content (AvgIpc) is 2.27. The van der Waals surface area contributed by atoms with E-state index in [1.54, 1.807) is 21.0 Å². The molecule has 1 aromatic carbocycles. The molecule has 0 radical (unpaired) electrons. The molecule has 1 heterocycles. The Morgan fingerprint density at radius 1 is 1.12 bits per heavy atom. The van der Waals surface area contributed by atoms with Crippen LogP contribution in [0.4, 0.5) is 0 Å². The summed E-state index contributed by atoms with van der Waals surface area (Å²) in [5, 5.41) is 0. The lowest BCUT2D eigenvalue weighted by molar-refractivity contribution is 0.0821. The second-order valence-corrected chi connectivity index (χ2v) is 3.85. The number of rotatable bonds is 1. The molecule has 82 valence electrons. The van der Waals surface area contributed by atoms with Crippen molar-refractivity contribution in [2.75, 3.05) is 14.1 Å². The monoisotopic (exact) mass is 215 g/mol. The van der Waals surface area contributed by atoms with Gasteiger partial charge in [-0.1, -0.05) is 12.1 Å². The van der Waals surface area contributed by atoms with Crippen molar-refractivity contribution in [3.05, 3.63) is 35.7 Å². The van der Waals surface area contributed by atoms with Crippen molar-refractivity contribution in [3.8, 4) is 0 Å². The van der Waals surface area contributed by atoms with E-state index >= 15 is 0 Å². The van der Waals surface area contributed by atoms with Gasteiger partial charge in [0.15, 0.2) is 0 Å². The summed E-state index contributed by atoms with van der Waals surface area (Å²) in [4.78, 5) is 22.0. The van der Waals surface area contributed by atoms with E-state index in [2.05, 4.69) is 9.97 Å². The summed E-state index contributed by atoms with van der Waals surface area (Å²) in [6.45, 7) is 1.80. The third kappa shape index (κ3) is 1.74. The maximum atomic E-state index is 11.8. The summed E-state index contributed by atoms with van der Waals surface area (Å²) in [6, 6.07) is 7.54. The highest BCUT2D eigenvalue weighted by Gasteiger charge is 2.14. The normalized spacial score (nSPS) is 10.4. The fraction of sp³-hybridized carbons (Fsp3) is 0.250. The minimum absolute atomic E-state index is 0.115. The smallest absolute Gasteiger partial charge is 0.273 e. The molecule has 0 aliphatic carbocycles. The molecule has 0 fully saturated rings. The van der Waals surface area contributed by atoms with E-state index in [9.17, 15) is 4.79 Å². The van der Waals surface area contributed by atoms with Gasteiger partial charge in [-0.2, -0.15) is 0 Å². The number of aromatic nitrogens is 2. The van der Waals surface area contributed by atoms with E-state index < -0.39 is 0 Å². The maximum absolute atomic E-state index is 11.8. The first-order valence-electron chi connectivity index (χ1n) is 5.04. The van der Waals surface area contributed by atoms with Crippen LogP contribution in [-0.4, -0.2) is 34.9 Å². The number of benzene rings is 1. The molecule has 0 atom stereocenters. The molecule has 16 heavy (non-hydrogen) atoms. The van der Waals surface area contributed by atoms with Gasteiger partial charge in [-0.05, 0) is 19.1 Å². The SMILES string of the molecule is Cc1nc2ccccc2nc1C(=O)N(C)C. The Hall–Kier alpha value is -1.97. The van der Waals surface area contributed by atoms with Crippen LogP contribution in [0, 0.1) is 6.92 Å². The standard InChI is InChI=1S/C12H13N3O/c1-8-11(12(16)15(2)3)14-10-7-5-4-6-9(10)13-8/h4-7H,1-3H3. The van der Waals surface area contributed by atoms with Crippen LogP contribution in [-0.2, 0) is 0 Å². The van der Waals surface area contributed by atoms with Crippen molar-refractivity contribution in [1.29, 1.82) is 0 Å². The van der Waals surface area contributed by atoms with Crippen molar-refractivity contribution in [3.63, 3.8) is 0 Å². The topological polar surface area (TPSA) is 46.1 Å². The Kier molecular flexibility index (Phi) is 2.56. The second kappa shape index (κ2) is 3.89. The Morgan fingerprint density at radius 3 is 2.25 bits per heavy atom. The predicted molar refractivity (Wildman–Crippen MR) is 62.3 cm³/mol. The zero-order valence-electron chi connectivity index (χ0n) is 9.56. The van der Waals surface area contributed by atoms with Crippen molar-refractivity contribution >= 4 is 16.9 Å². The molecule has 4 nitrogen and oxygen atoms in total. The number of carbonyl (C=O) groups excluding carboxylic acids is 1. The van der Waals surface area contributed by atoms with Crippen LogP contribution in [0.5, 0.6) is 0 Å². The van der Waals surface area contributed by atoms with Crippen molar-refractivity contribution in [2.24, 2.45) is 0 Å². The Balaban J connectivity index is 2.63. The molecule has 0 bridgehead atoms. The summed E-state index contributed by atoms with van der Waals surface area (Å²) >= 11 is 0. The van der Waals surface area contributed by atoms with Crippen molar-refractivity contribution in [1.82, 2.24) is 14.9 Å². The Bertz CT molecular complexity index is 549. The van der Waals surface area contributed by atoms with Gasteiger partial charge in [0.05, 0.1) is 16.7 Å². The molecular formula is C12H13N3O. The number of para-hydroxylation sites is 2. The van der Waals surface area contributed by atoms with E-state index in [1.165, 1.54) is 4.90 Å². The second-order valence-electron chi connectivity index (χ2n) is 3.85.